The maximum Gasteiger partial charge on any atom is 0.0647 e. The second kappa shape index (κ2) is 8.52. The number of rotatable bonds is 7. The van der Waals surface area contributed by atoms with Gasteiger partial charge in [-0.15, -0.1) is 11.6 Å². The molecule has 0 aliphatic carbocycles. The summed E-state index contributed by atoms with van der Waals surface area (Å²) < 4.78 is 0. The first-order valence-electron chi connectivity index (χ1n) is 7.86. The van der Waals surface area contributed by atoms with Gasteiger partial charge in [0.05, 0.1) is 28.7 Å². The molecule has 0 radical (unpaired) electrons. The molecule has 24 heavy (non-hydrogen) atoms. The van der Waals surface area contributed by atoms with E-state index < -0.39 is 0 Å². The van der Waals surface area contributed by atoms with Crippen LogP contribution in [0, 0.1) is 0 Å². The first kappa shape index (κ1) is 16.6. The first-order chi connectivity index (χ1) is 11.8. The summed E-state index contributed by atoms with van der Waals surface area (Å²) in [7, 11) is 0. The zero-order valence-corrected chi connectivity index (χ0v) is 14.1. The van der Waals surface area contributed by atoms with Gasteiger partial charge in [-0.05, 0) is 36.4 Å². The van der Waals surface area contributed by atoms with E-state index in [9.17, 15) is 0 Å². The van der Waals surface area contributed by atoms with Crippen LogP contribution in [0.4, 0.5) is 0 Å². The molecule has 0 aliphatic heterocycles. The topological polar surface area (TPSA) is 41.9 Å². The van der Waals surface area contributed by atoms with Crippen LogP contribution in [0.5, 0.6) is 0 Å². The van der Waals surface area contributed by atoms with Gasteiger partial charge in [-0.1, -0.05) is 18.2 Å². The molecule has 0 N–H and O–H groups in total. The van der Waals surface area contributed by atoms with Crippen LogP contribution < -0.4 is 0 Å². The summed E-state index contributed by atoms with van der Waals surface area (Å²) in [5.41, 5.74) is 3.95. The SMILES string of the molecule is ClCc1cccc(CN(Cc2ccccn2)Cc2ccccn2)n1. The fourth-order valence-corrected chi connectivity index (χ4v) is 2.68. The fraction of sp³-hybridized carbons (Fsp3) is 0.211. The van der Waals surface area contributed by atoms with Gasteiger partial charge in [0.15, 0.2) is 0 Å². The molecule has 0 fully saturated rings. The standard InChI is InChI=1S/C19H19ClN4/c20-12-16-8-5-9-19(23-16)15-24(13-17-6-1-3-10-21-17)14-18-7-2-4-11-22-18/h1-11H,12-15H2. The molecule has 0 saturated carbocycles. The Balaban J connectivity index is 1.78. The van der Waals surface area contributed by atoms with Crippen molar-refractivity contribution in [3.05, 3.63) is 89.8 Å². The molecular formula is C19H19ClN4. The smallest absolute Gasteiger partial charge is 0.0647 e. The number of aromatic nitrogens is 3. The highest BCUT2D eigenvalue weighted by atomic mass is 35.5. The van der Waals surface area contributed by atoms with Crippen molar-refractivity contribution in [3.8, 4) is 0 Å². The van der Waals surface area contributed by atoms with E-state index in [1.54, 1.807) is 0 Å². The third-order valence-corrected chi connectivity index (χ3v) is 3.88. The van der Waals surface area contributed by atoms with Gasteiger partial charge in [-0.3, -0.25) is 19.9 Å². The summed E-state index contributed by atoms with van der Waals surface area (Å²) in [5.74, 6) is 0.425. The van der Waals surface area contributed by atoms with Crippen LogP contribution >= 0.6 is 11.6 Å². The molecule has 0 atom stereocenters. The molecule has 0 aliphatic rings. The van der Waals surface area contributed by atoms with Gasteiger partial charge in [0, 0.05) is 32.0 Å². The third kappa shape index (κ3) is 4.85. The highest BCUT2D eigenvalue weighted by Crippen LogP contribution is 2.12. The van der Waals surface area contributed by atoms with Crippen molar-refractivity contribution >= 4 is 11.6 Å². The lowest BCUT2D eigenvalue weighted by Crippen LogP contribution is -2.24. The third-order valence-electron chi connectivity index (χ3n) is 3.61. The highest BCUT2D eigenvalue weighted by molar-refractivity contribution is 6.16. The largest absolute Gasteiger partial charge is 0.286 e. The monoisotopic (exact) mass is 338 g/mol. The Labute approximate surface area is 147 Å². The lowest BCUT2D eigenvalue weighted by atomic mass is 10.2. The van der Waals surface area contributed by atoms with E-state index in [0.717, 1.165) is 42.4 Å². The maximum absolute atomic E-state index is 5.90. The molecular weight excluding hydrogens is 320 g/mol. The van der Waals surface area contributed by atoms with E-state index in [2.05, 4.69) is 19.9 Å². The van der Waals surface area contributed by atoms with E-state index in [1.807, 2.05) is 67.0 Å². The molecule has 5 heteroatoms. The van der Waals surface area contributed by atoms with Gasteiger partial charge < -0.3 is 0 Å². The molecule has 0 bridgehead atoms. The Morgan fingerprint density at radius 2 is 1.21 bits per heavy atom. The Hall–Kier alpha value is -2.30. The van der Waals surface area contributed by atoms with Gasteiger partial charge >= 0.3 is 0 Å². The summed E-state index contributed by atoms with van der Waals surface area (Å²) in [6.45, 7) is 2.20. The molecule has 4 nitrogen and oxygen atoms in total. The minimum absolute atomic E-state index is 0.425. The zero-order chi connectivity index (χ0) is 16.6. The van der Waals surface area contributed by atoms with Crippen molar-refractivity contribution in [3.63, 3.8) is 0 Å². The number of halogens is 1. The van der Waals surface area contributed by atoms with Crippen molar-refractivity contribution in [2.45, 2.75) is 25.5 Å². The fourth-order valence-electron chi connectivity index (χ4n) is 2.53. The number of alkyl halides is 1. The van der Waals surface area contributed by atoms with Crippen LogP contribution in [-0.2, 0) is 25.5 Å². The molecule has 3 aromatic heterocycles. The van der Waals surface area contributed by atoms with Crippen LogP contribution in [0.2, 0.25) is 0 Å². The first-order valence-corrected chi connectivity index (χ1v) is 8.40. The zero-order valence-electron chi connectivity index (χ0n) is 13.3. The van der Waals surface area contributed by atoms with Crippen molar-refractivity contribution in [2.75, 3.05) is 0 Å². The second-order valence-corrected chi connectivity index (χ2v) is 5.81. The van der Waals surface area contributed by atoms with E-state index in [1.165, 1.54) is 0 Å². The summed E-state index contributed by atoms with van der Waals surface area (Å²) in [6, 6.07) is 17.9. The molecule has 122 valence electrons. The van der Waals surface area contributed by atoms with Crippen molar-refractivity contribution in [1.29, 1.82) is 0 Å². The van der Waals surface area contributed by atoms with Gasteiger partial charge in [0.1, 0.15) is 0 Å². The molecule has 0 saturated heterocycles. The molecule has 0 aromatic carbocycles. The van der Waals surface area contributed by atoms with Gasteiger partial charge in [-0.25, -0.2) is 0 Å². The van der Waals surface area contributed by atoms with Crippen LogP contribution in [0.1, 0.15) is 22.8 Å². The van der Waals surface area contributed by atoms with E-state index in [4.69, 9.17) is 11.6 Å². The average molecular weight is 339 g/mol. The van der Waals surface area contributed by atoms with Crippen molar-refractivity contribution in [2.24, 2.45) is 0 Å². The predicted molar refractivity (Wildman–Crippen MR) is 95.2 cm³/mol. The Bertz CT molecular complexity index is 708. The Morgan fingerprint density at radius 3 is 1.75 bits per heavy atom. The molecule has 0 spiro atoms. The summed E-state index contributed by atoms with van der Waals surface area (Å²) in [4.78, 5) is 15.7. The second-order valence-electron chi connectivity index (χ2n) is 5.54. The Kier molecular flexibility index (Phi) is 5.88. The number of hydrogen-bond acceptors (Lipinski definition) is 4. The van der Waals surface area contributed by atoms with Crippen molar-refractivity contribution < 1.29 is 0 Å². The quantitative estimate of drug-likeness (QED) is 0.614. The van der Waals surface area contributed by atoms with E-state index >= 15 is 0 Å². The molecule has 3 rings (SSSR count). The molecule has 3 aromatic rings. The summed E-state index contributed by atoms with van der Waals surface area (Å²) in [5, 5.41) is 0. The van der Waals surface area contributed by atoms with Crippen LogP contribution in [0.15, 0.2) is 67.0 Å². The molecule has 0 unspecified atom stereocenters. The predicted octanol–water partition coefficient (Wildman–Crippen LogP) is 3.81. The van der Waals surface area contributed by atoms with Crippen LogP contribution in [0.25, 0.3) is 0 Å². The van der Waals surface area contributed by atoms with Crippen LogP contribution in [0.3, 0.4) is 0 Å². The average Bonchev–Trinajstić information content (AvgIpc) is 2.63. The summed E-state index contributed by atoms with van der Waals surface area (Å²) >= 11 is 5.90. The maximum atomic E-state index is 5.90. The molecule has 0 amide bonds. The highest BCUT2D eigenvalue weighted by Gasteiger charge is 2.11. The Morgan fingerprint density at radius 1 is 0.667 bits per heavy atom. The lowest BCUT2D eigenvalue weighted by molar-refractivity contribution is 0.238. The number of pyridine rings is 3. The van der Waals surface area contributed by atoms with Gasteiger partial charge in [-0.2, -0.15) is 0 Å². The minimum Gasteiger partial charge on any atom is -0.286 e. The van der Waals surface area contributed by atoms with Crippen LogP contribution in [-0.4, -0.2) is 19.9 Å². The van der Waals surface area contributed by atoms with Gasteiger partial charge in [0.25, 0.3) is 0 Å². The number of hydrogen-bond donors (Lipinski definition) is 0. The van der Waals surface area contributed by atoms with Crippen molar-refractivity contribution in [1.82, 2.24) is 19.9 Å². The summed E-state index contributed by atoms with van der Waals surface area (Å²) in [6.07, 6.45) is 3.64. The number of nitrogens with zero attached hydrogens (tertiary/aromatic N) is 4. The molecule has 3 heterocycles. The van der Waals surface area contributed by atoms with E-state index in [-0.39, 0.29) is 0 Å². The normalized spacial score (nSPS) is 10.9. The van der Waals surface area contributed by atoms with E-state index in [0.29, 0.717) is 5.88 Å². The minimum atomic E-state index is 0.425. The lowest BCUT2D eigenvalue weighted by Gasteiger charge is -2.21. The van der Waals surface area contributed by atoms with Gasteiger partial charge in [0.2, 0.25) is 0 Å².